The topological polar surface area (TPSA) is 93.2 Å². The van der Waals surface area contributed by atoms with Crippen LogP contribution in [0.15, 0.2) is 12.1 Å². The Bertz CT molecular complexity index is 510. The minimum absolute atomic E-state index is 0.157. The molecule has 0 saturated heterocycles. The molecule has 88 valence electrons. The van der Waals surface area contributed by atoms with Crippen molar-refractivity contribution in [3.63, 3.8) is 0 Å². The van der Waals surface area contributed by atoms with Gasteiger partial charge in [0.15, 0.2) is 6.29 Å². The summed E-state index contributed by atoms with van der Waals surface area (Å²) >= 11 is 0. The molecule has 8 heteroatoms. The van der Waals surface area contributed by atoms with E-state index >= 15 is 0 Å². The number of alkyl halides is 2. The summed E-state index contributed by atoms with van der Waals surface area (Å²) in [7, 11) is 0. The predicted octanol–water partition coefficient (Wildman–Crippen LogP) is 1.88. The molecule has 1 aromatic carbocycles. The Labute approximate surface area is 93.2 Å². The van der Waals surface area contributed by atoms with Gasteiger partial charge in [-0.1, -0.05) is 0 Å². The summed E-state index contributed by atoms with van der Waals surface area (Å²) < 4.78 is 27.8. The summed E-state index contributed by atoms with van der Waals surface area (Å²) in [5.74, 6) is -0.548. The largest absolute Gasteiger partial charge is 0.435 e. The summed E-state index contributed by atoms with van der Waals surface area (Å²) in [6.45, 7) is -3.18. The fourth-order valence-electron chi connectivity index (χ4n) is 1.15. The molecule has 0 amide bonds. The Morgan fingerprint density at radius 3 is 2.59 bits per heavy atom. The van der Waals surface area contributed by atoms with E-state index in [1.807, 2.05) is 0 Å². The highest BCUT2D eigenvalue weighted by atomic mass is 19.3. The predicted molar refractivity (Wildman–Crippen MR) is 49.8 cm³/mol. The number of benzene rings is 1. The van der Waals surface area contributed by atoms with Crippen molar-refractivity contribution in [3.05, 3.63) is 33.4 Å². The summed E-state index contributed by atoms with van der Waals surface area (Å²) in [4.78, 5) is 20.2. The Balaban J connectivity index is 3.41. The molecule has 0 unspecified atom stereocenters. The van der Waals surface area contributed by atoms with Gasteiger partial charge in [0.1, 0.15) is 17.4 Å². The van der Waals surface area contributed by atoms with Crippen LogP contribution in [0.3, 0.4) is 0 Å². The van der Waals surface area contributed by atoms with Crippen LogP contribution in [0.1, 0.15) is 15.9 Å². The van der Waals surface area contributed by atoms with E-state index in [-0.39, 0.29) is 11.8 Å². The standard InChI is InChI=1S/C9H4F2N2O4/c10-9(11)17-6-1-5(4-14)7(3-12)8(2-6)13(15)16/h1-2,4,9H. The maximum atomic E-state index is 11.9. The smallest absolute Gasteiger partial charge is 0.387 e. The molecular weight excluding hydrogens is 238 g/mol. The monoisotopic (exact) mass is 242 g/mol. The second kappa shape index (κ2) is 4.98. The van der Waals surface area contributed by atoms with Gasteiger partial charge in [-0.05, 0) is 6.07 Å². The van der Waals surface area contributed by atoms with Gasteiger partial charge in [-0.3, -0.25) is 14.9 Å². The van der Waals surface area contributed by atoms with E-state index in [4.69, 9.17) is 5.26 Å². The molecule has 0 aliphatic carbocycles. The van der Waals surface area contributed by atoms with Gasteiger partial charge in [-0.25, -0.2) is 0 Å². The third kappa shape index (κ3) is 2.72. The number of ether oxygens (including phenoxy) is 1. The zero-order valence-corrected chi connectivity index (χ0v) is 8.09. The lowest BCUT2D eigenvalue weighted by Gasteiger charge is -2.06. The molecule has 0 aromatic heterocycles. The van der Waals surface area contributed by atoms with Crippen molar-refractivity contribution in [2.45, 2.75) is 6.61 Å². The number of aldehydes is 1. The fourth-order valence-corrected chi connectivity index (χ4v) is 1.15. The number of halogens is 2. The lowest BCUT2D eigenvalue weighted by molar-refractivity contribution is -0.385. The SMILES string of the molecule is N#Cc1c(C=O)cc(OC(F)F)cc1[N+](=O)[O-]. The molecule has 0 radical (unpaired) electrons. The number of nitriles is 1. The highest BCUT2D eigenvalue weighted by Gasteiger charge is 2.21. The third-order valence-corrected chi connectivity index (χ3v) is 1.78. The average molecular weight is 242 g/mol. The minimum atomic E-state index is -3.18. The first-order chi connectivity index (χ1) is 7.99. The van der Waals surface area contributed by atoms with Crippen molar-refractivity contribution < 1.29 is 23.2 Å². The number of rotatable bonds is 4. The van der Waals surface area contributed by atoms with E-state index in [2.05, 4.69) is 4.74 Å². The van der Waals surface area contributed by atoms with Crippen LogP contribution < -0.4 is 4.74 Å². The van der Waals surface area contributed by atoms with Gasteiger partial charge in [-0.15, -0.1) is 0 Å². The third-order valence-electron chi connectivity index (χ3n) is 1.78. The first-order valence-corrected chi connectivity index (χ1v) is 4.12. The van der Waals surface area contributed by atoms with Gasteiger partial charge in [0, 0.05) is 5.56 Å². The van der Waals surface area contributed by atoms with Crippen molar-refractivity contribution in [1.29, 1.82) is 5.26 Å². The van der Waals surface area contributed by atoms with Crippen LogP contribution >= 0.6 is 0 Å². The number of nitrogens with zero attached hydrogens (tertiary/aromatic N) is 2. The highest BCUT2D eigenvalue weighted by molar-refractivity contribution is 5.83. The molecule has 17 heavy (non-hydrogen) atoms. The second-order valence-corrected chi connectivity index (χ2v) is 2.77. The molecule has 0 saturated carbocycles. The van der Waals surface area contributed by atoms with Crippen LogP contribution in [-0.4, -0.2) is 17.8 Å². The van der Waals surface area contributed by atoms with E-state index in [1.165, 1.54) is 6.07 Å². The van der Waals surface area contributed by atoms with Crippen molar-refractivity contribution in [1.82, 2.24) is 0 Å². The van der Waals surface area contributed by atoms with E-state index in [1.54, 1.807) is 0 Å². The molecule has 0 spiro atoms. The Kier molecular flexibility index (Phi) is 3.66. The molecule has 1 aromatic rings. The maximum absolute atomic E-state index is 11.9. The Morgan fingerprint density at radius 2 is 2.18 bits per heavy atom. The molecule has 0 bridgehead atoms. The molecule has 0 fully saturated rings. The molecule has 0 aliphatic heterocycles. The molecule has 0 N–H and O–H groups in total. The highest BCUT2D eigenvalue weighted by Crippen LogP contribution is 2.28. The number of hydrogen-bond donors (Lipinski definition) is 0. The summed E-state index contributed by atoms with van der Waals surface area (Å²) in [5, 5.41) is 19.2. The van der Waals surface area contributed by atoms with Gasteiger partial charge < -0.3 is 4.74 Å². The van der Waals surface area contributed by atoms with Gasteiger partial charge in [0.2, 0.25) is 0 Å². The van der Waals surface area contributed by atoms with Crippen molar-refractivity contribution in [2.24, 2.45) is 0 Å². The summed E-state index contributed by atoms with van der Waals surface area (Å²) in [5.41, 5.74) is -1.63. The number of nitro benzene ring substituents is 1. The van der Waals surface area contributed by atoms with E-state index in [0.29, 0.717) is 6.07 Å². The quantitative estimate of drug-likeness (QED) is 0.456. The zero-order chi connectivity index (χ0) is 13.0. The molecule has 0 heterocycles. The first kappa shape index (κ1) is 12.5. The van der Waals surface area contributed by atoms with Crippen LogP contribution in [0, 0.1) is 21.4 Å². The van der Waals surface area contributed by atoms with Crippen molar-refractivity contribution in [2.75, 3.05) is 0 Å². The molecule has 1 rings (SSSR count). The lowest BCUT2D eigenvalue weighted by Crippen LogP contribution is -2.04. The Hall–Kier alpha value is -2.56. The van der Waals surface area contributed by atoms with Gasteiger partial charge >= 0.3 is 6.61 Å². The van der Waals surface area contributed by atoms with Crippen LogP contribution in [-0.2, 0) is 0 Å². The summed E-state index contributed by atoms with van der Waals surface area (Å²) in [6.07, 6.45) is 0.157. The van der Waals surface area contributed by atoms with Crippen molar-refractivity contribution >= 4 is 12.0 Å². The zero-order valence-electron chi connectivity index (χ0n) is 8.09. The summed E-state index contributed by atoms with van der Waals surface area (Å²) in [6, 6.07) is 2.96. The maximum Gasteiger partial charge on any atom is 0.387 e. The average Bonchev–Trinajstić information content (AvgIpc) is 2.26. The first-order valence-electron chi connectivity index (χ1n) is 4.12. The van der Waals surface area contributed by atoms with E-state index in [9.17, 15) is 23.7 Å². The molecular formula is C9H4F2N2O4. The van der Waals surface area contributed by atoms with Crippen molar-refractivity contribution in [3.8, 4) is 11.8 Å². The Morgan fingerprint density at radius 1 is 1.53 bits per heavy atom. The van der Waals surface area contributed by atoms with Gasteiger partial charge in [0.25, 0.3) is 5.69 Å². The van der Waals surface area contributed by atoms with Crippen LogP contribution in [0.25, 0.3) is 0 Å². The number of carbonyl (C=O) groups is 1. The molecule has 0 aliphatic rings. The molecule has 0 atom stereocenters. The minimum Gasteiger partial charge on any atom is -0.435 e. The van der Waals surface area contributed by atoms with Gasteiger partial charge in [0.05, 0.1) is 11.0 Å². The van der Waals surface area contributed by atoms with E-state index < -0.39 is 28.5 Å². The van der Waals surface area contributed by atoms with E-state index in [0.717, 1.165) is 6.07 Å². The lowest BCUT2D eigenvalue weighted by atomic mass is 10.1. The normalized spacial score (nSPS) is 9.76. The second-order valence-electron chi connectivity index (χ2n) is 2.77. The number of carbonyl (C=O) groups excluding carboxylic acids is 1. The van der Waals surface area contributed by atoms with Gasteiger partial charge in [-0.2, -0.15) is 14.0 Å². The fraction of sp³-hybridized carbons (Fsp3) is 0.111. The number of hydrogen-bond acceptors (Lipinski definition) is 5. The van der Waals surface area contributed by atoms with Crippen LogP contribution in [0.5, 0.6) is 5.75 Å². The van der Waals surface area contributed by atoms with Crippen LogP contribution in [0.2, 0.25) is 0 Å². The van der Waals surface area contributed by atoms with Crippen LogP contribution in [0.4, 0.5) is 14.5 Å². The molecule has 6 nitrogen and oxygen atoms in total. The number of nitro groups is 1.